The Kier molecular flexibility index (Phi) is 4.50. The summed E-state index contributed by atoms with van der Waals surface area (Å²) in [4.78, 5) is 11.4. The number of hydrogen-bond acceptors (Lipinski definition) is 2. The Bertz CT molecular complexity index is 215. The van der Waals surface area contributed by atoms with Gasteiger partial charge in [-0.25, -0.2) is 0 Å². The minimum atomic E-state index is -0.609. The second-order valence-electron chi connectivity index (χ2n) is 3.65. The standard InChI is InChI=1S/C10H18N2O/c1-5-7-8(11)9(13)12-10(3,4)6-2/h2,8H,5,7,11H2,1,3-4H3,(H,12,13). The van der Waals surface area contributed by atoms with Crippen molar-refractivity contribution in [1.29, 1.82) is 0 Å². The van der Waals surface area contributed by atoms with E-state index >= 15 is 0 Å². The van der Waals surface area contributed by atoms with E-state index in [4.69, 9.17) is 12.2 Å². The van der Waals surface area contributed by atoms with E-state index < -0.39 is 11.6 Å². The molecule has 0 aromatic carbocycles. The fourth-order valence-corrected chi connectivity index (χ4v) is 0.879. The molecule has 0 rings (SSSR count). The van der Waals surface area contributed by atoms with Gasteiger partial charge in [0.05, 0.1) is 11.6 Å². The molecule has 1 amide bonds. The highest BCUT2D eigenvalue weighted by molar-refractivity contribution is 5.82. The molecule has 3 nitrogen and oxygen atoms in total. The van der Waals surface area contributed by atoms with Gasteiger partial charge in [0, 0.05) is 0 Å². The molecule has 0 saturated heterocycles. The molecular weight excluding hydrogens is 164 g/mol. The highest BCUT2D eigenvalue weighted by Crippen LogP contribution is 2.01. The van der Waals surface area contributed by atoms with Crippen LogP contribution in [0, 0.1) is 12.3 Å². The van der Waals surface area contributed by atoms with Crippen molar-refractivity contribution in [2.45, 2.75) is 45.2 Å². The van der Waals surface area contributed by atoms with Gasteiger partial charge >= 0.3 is 0 Å². The molecule has 0 heterocycles. The summed E-state index contributed by atoms with van der Waals surface area (Å²) >= 11 is 0. The van der Waals surface area contributed by atoms with Gasteiger partial charge in [0.15, 0.2) is 0 Å². The molecule has 0 radical (unpaired) electrons. The summed E-state index contributed by atoms with van der Waals surface area (Å²) in [5, 5.41) is 2.69. The maximum atomic E-state index is 11.4. The molecule has 1 unspecified atom stereocenters. The maximum absolute atomic E-state index is 11.4. The molecule has 13 heavy (non-hydrogen) atoms. The Morgan fingerprint density at radius 3 is 2.62 bits per heavy atom. The van der Waals surface area contributed by atoms with Crippen LogP contribution in [0.1, 0.15) is 33.6 Å². The van der Waals surface area contributed by atoms with Crippen LogP contribution in [0.25, 0.3) is 0 Å². The normalized spacial score (nSPS) is 13.2. The number of hydrogen-bond donors (Lipinski definition) is 2. The first-order chi connectivity index (χ1) is 5.93. The van der Waals surface area contributed by atoms with Gasteiger partial charge in [-0.2, -0.15) is 0 Å². The number of rotatable bonds is 4. The molecular formula is C10H18N2O. The predicted molar refractivity (Wildman–Crippen MR) is 53.9 cm³/mol. The fourth-order valence-electron chi connectivity index (χ4n) is 0.879. The third-order valence-corrected chi connectivity index (χ3v) is 1.73. The third kappa shape index (κ3) is 4.54. The van der Waals surface area contributed by atoms with E-state index in [2.05, 4.69) is 11.2 Å². The second kappa shape index (κ2) is 4.88. The van der Waals surface area contributed by atoms with Crippen molar-refractivity contribution in [2.24, 2.45) is 5.73 Å². The average Bonchev–Trinajstić information content (AvgIpc) is 2.04. The van der Waals surface area contributed by atoms with Crippen LogP contribution < -0.4 is 11.1 Å². The van der Waals surface area contributed by atoms with Gasteiger partial charge in [0.1, 0.15) is 0 Å². The number of terminal acetylenes is 1. The molecule has 0 fully saturated rings. The van der Waals surface area contributed by atoms with Gasteiger partial charge in [-0.05, 0) is 20.3 Å². The van der Waals surface area contributed by atoms with E-state index in [9.17, 15) is 4.79 Å². The average molecular weight is 182 g/mol. The first-order valence-electron chi connectivity index (χ1n) is 4.48. The molecule has 0 aliphatic carbocycles. The lowest BCUT2D eigenvalue weighted by Gasteiger charge is -2.21. The summed E-state index contributed by atoms with van der Waals surface area (Å²) < 4.78 is 0. The third-order valence-electron chi connectivity index (χ3n) is 1.73. The van der Waals surface area contributed by atoms with Crippen LogP contribution in [0.5, 0.6) is 0 Å². The van der Waals surface area contributed by atoms with Crippen LogP contribution in [0.4, 0.5) is 0 Å². The summed E-state index contributed by atoms with van der Waals surface area (Å²) in [6.45, 7) is 5.52. The van der Waals surface area contributed by atoms with Crippen LogP contribution in [0.3, 0.4) is 0 Å². The molecule has 0 aliphatic heterocycles. The van der Waals surface area contributed by atoms with Crippen molar-refractivity contribution in [3.63, 3.8) is 0 Å². The smallest absolute Gasteiger partial charge is 0.238 e. The fraction of sp³-hybridized carbons (Fsp3) is 0.700. The number of nitrogens with two attached hydrogens (primary N) is 1. The van der Waals surface area contributed by atoms with E-state index in [0.29, 0.717) is 6.42 Å². The summed E-state index contributed by atoms with van der Waals surface area (Å²) in [7, 11) is 0. The van der Waals surface area contributed by atoms with Gasteiger partial charge in [0.2, 0.25) is 5.91 Å². The highest BCUT2D eigenvalue weighted by Gasteiger charge is 2.20. The largest absolute Gasteiger partial charge is 0.339 e. The highest BCUT2D eigenvalue weighted by atomic mass is 16.2. The lowest BCUT2D eigenvalue weighted by molar-refractivity contribution is -0.123. The first kappa shape index (κ1) is 12.0. The molecule has 3 N–H and O–H groups in total. The summed E-state index contributed by atoms with van der Waals surface area (Å²) in [5.74, 6) is 2.31. The number of amides is 1. The van der Waals surface area contributed by atoms with Crippen LogP contribution >= 0.6 is 0 Å². The van der Waals surface area contributed by atoms with Gasteiger partial charge in [-0.15, -0.1) is 6.42 Å². The zero-order chi connectivity index (χ0) is 10.5. The van der Waals surface area contributed by atoms with Crippen LogP contribution in [-0.4, -0.2) is 17.5 Å². The first-order valence-corrected chi connectivity index (χ1v) is 4.48. The van der Waals surface area contributed by atoms with Gasteiger partial charge in [-0.1, -0.05) is 19.3 Å². The maximum Gasteiger partial charge on any atom is 0.238 e. The lowest BCUT2D eigenvalue weighted by Crippen LogP contribution is -2.49. The molecule has 0 saturated carbocycles. The quantitative estimate of drug-likeness (QED) is 0.627. The zero-order valence-electron chi connectivity index (χ0n) is 8.55. The monoisotopic (exact) mass is 182 g/mol. The van der Waals surface area contributed by atoms with Gasteiger partial charge in [-0.3, -0.25) is 4.79 Å². The predicted octanol–water partition coefficient (Wildman–Crippen LogP) is 0.642. The van der Waals surface area contributed by atoms with Crippen molar-refractivity contribution in [1.82, 2.24) is 5.32 Å². The molecule has 0 aliphatic rings. The molecule has 74 valence electrons. The van der Waals surface area contributed by atoms with E-state index in [1.54, 1.807) is 13.8 Å². The Morgan fingerprint density at radius 2 is 2.23 bits per heavy atom. The van der Waals surface area contributed by atoms with Crippen LogP contribution in [-0.2, 0) is 4.79 Å². The van der Waals surface area contributed by atoms with Crippen molar-refractivity contribution in [2.75, 3.05) is 0 Å². The lowest BCUT2D eigenvalue weighted by atomic mass is 10.1. The van der Waals surface area contributed by atoms with Crippen molar-refractivity contribution in [3.8, 4) is 12.3 Å². The van der Waals surface area contributed by atoms with Crippen molar-refractivity contribution in [3.05, 3.63) is 0 Å². The zero-order valence-corrected chi connectivity index (χ0v) is 8.55. The van der Waals surface area contributed by atoms with E-state index in [1.165, 1.54) is 0 Å². The summed E-state index contributed by atoms with van der Waals surface area (Å²) in [5.41, 5.74) is 5.00. The topological polar surface area (TPSA) is 55.1 Å². The molecule has 1 atom stereocenters. The van der Waals surface area contributed by atoms with Crippen molar-refractivity contribution < 1.29 is 4.79 Å². The van der Waals surface area contributed by atoms with Crippen LogP contribution in [0.15, 0.2) is 0 Å². The minimum absolute atomic E-state index is 0.176. The molecule has 0 bridgehead atoms. The van der Waals surface area contributed by atoms with Gasteiger partial charge < -0.3 is 11.1 Å². The van der Waals surface area contributed by atoms with E-state index in [-0.39, 0.29) is 5.91 Å². The van der Waals surface area contributed by atoms with E-state index in [1.807, 2.05) is 6.92 Å². The Balaban J connectivity index is 4.09. The van der Waals surface area contributed by atoms with Crippen molar-refractivity contribution >= 4 is 5.91 Å². The second-order valence-corrected chi connectivity index (χ2v) is 3.65. The van der Waals surface area contributed by atoms with Gasteiger partial charge in [0.25, 0.3) is 0 Å². The Labute approximate surface area is 80.1 Å². The molecule has 3 heteroatoms. The number of nitrogens with one attached hydrogen (secondary N) is 1. The van der Waals surface area contributed by atoms with E-state index in [0.717, 1.165) is 6.42 Å². The molecule has 0 aromatic heterocycles. The SMILES string of the molecule is C#CC(C)(C)NC(=O)C(N)CCC. The Hall–Kier alpha value is -1.01. The Morgan fingerprint density at radius 1 is 1.69 bits per heavy atom. The number of carbonyl (C=O) groups excluding carboxylic acids is 1. The minimum Gasteiger partial charge on any atom is -0.339 e. The summed E-state index contributed by atoms with van der Waals surface area (Å²) in [6, 6.07) is -0.447. The molecule has 0 aromatic rings. The molecule has 0 spiro atoms. The summed E-state index contributed by atoms with van der Waals surface area (Å²) in [6.07, 6.45) is 6.80. The number of carbonyl (C=O) groups is 1. The van der Waals surface area contributed by atoms with Crippen LogP contribution in [0.2, 0.25) is 0 Å².